The Morgan fingerprint density at radius 1 is 1.31 bits per heavy atom. The van der Waals surface area contributed by atoms with Crippen LogP contribution in [0.4, 0.5) is 4.39 Å². The van der Waals surface area contributed by atoms with Crippen LogP contribution in [0.15, 0.2) is 12.1 Å². The van der Waals surface area contributed by atoms with E-state index in [0.29, 0.717) is 10.5 Å². The lowest BCUT2D eigenvalue weighted by Gasteiger charge is -2.09. The van der Waals surface area contributed by atoms with Gasteiger partial charge in [0.05, 0.1) is 5.02 Å². The molecule has 82 valence electrons. The maximum absolute atomic E-state index is 13.7. The van der Waals surface area contributed by atoms with Crippen LogP contribution in [0.1, 0.15) is 23.2 Å². The molecule has 0 saturated carbocycles. The van der Waals surface area contributed by atoms with Crippen molar-refractivity contribution < 1.29 is 4.39 Å². The Balaban J connectivity index is 2.50. The Kier molecular flexibility index (Phi) is 2.15. The topological polar surface area (TPSA) is 12.9 Å². The van der Waals surface area contributed by atoms with E-state index < -0.39 is 0 Å². The number of aryl methyl sites for hydroxylation is 2. The van der Waals surface area contributed by atoms with Crippen LogP contribution in [0.2, 0.25) is 5.02 Å². The maximum atomic E-state index is 13.7. The van der Waals surface area contributed by atoms with Crippen LogP contribution in [0, 0.1) is 12.7 Å². The zero-order valence-corrected chi connectivity index (χ0v) is 9.74. The molecule has 1 heterocycles. The molecule has 16 heavy (non-hydrogen) atoms. The van der Waals surface area contributed by atoms with E-state index in [1.54, 1.807) is 6.07 Å². The molecule has 1 aliphatic rings. The van der Waals surface area contributed by atoms with Crippen molar-refractivity contribution in [1.82, 2.24) is 4.98 Å². The quantitative estimate of drug-likeness (QED) is 0.676. The molecule has 0 spiro atoms. The average Bonchev–Trinajstić information content (AvgIpc) is 2.72. The molecule has 0 amide bonds. The third kappa shape index (κ3) is 1.26. The number of hydrogen-bond donors (Lipinski definition) is 0. The molecule has 1 aliphatic carbocycles. The lowest BCUT2D eigenvalue weighted by Crippen LogP contribution is -1.95. The number of pyridine rings is 1. The summed E-state index contributed by atoms with van der Waals surface area (Å²) in [4.78, 5) is 4.42. The second kappa shape index (κ2) is 3.42. The van der Waals surface area contributed by atoms with Crippen molar-refractivity contribution in [3.05, 3.63) is 39.8 Å². The summed E-state index contributed by atoms with van der Waals surface area (Å²) in [6.07, 6.45) is 2.95. The molecule has 0 radical (unpaired) electrons. The van der Waals surface area contributed by atoms with Gasteiger partial charge in [0.15, 0.2) is 0 Å². The molecule has 0 saturated heterocycles. The van der Waals surface area contributed by atoms with Gasteiger partial charge in [-0.2, -0.15) is 0 Å². The average molecular weight is 236 g/mol. The van der Waals surface area contributed by atoms with Gasteiger partial charge in [-0.05, 0) is 43.4 Å². The van der Waals surface area contributed by atoms with Crippen molar-refractivity contribution in [3.63, 3.8) is 0 Å². The summed E-state index contributed by atoms with van der Waals surface area (Å²) in [5.41, 5.74) is 3.50. The smallest absolute Gasteiger partial charge is 0.149 e. The zero-order chi connectivity index (χ0) is 11.3. The summed E-state index contributed by atoms with van der Waals surface area (Å²) in [5.74, 6) is -0.280. The third-order valence-corrected chi connectivity index (χ3v) is 3.67. The van der Waals surface area contributed by atoms with Crippen LogP contribution >= 0.6 is 11.6 Å². The third-order valence-electron chi connectivity index (χ3n) is 3.26. The fraction of sp³-hybridized carbons (Fsp3) is 0.308. The summed E-state index contributed by atoms with van der Waals surface area (Å²) in [7, 11) is 0. The summed E-state index contributed by atoms with van der Waals surface area (Å²) in [5, 5.41) is 1.48. The first-order chi connectivity index (χ1) is 7.68. The second-order valence-corrected chi connectivity index (χ2v) is 4.67. The van der Waals surface area contributed by atoms with Crippen molar-refractivity contribution in [2.75, 3.05) is 0 Å². The van der Waals surface area contributed by atoms with E-state index in [2.05, 4.69) is 4.98 Å². The fourth-order valence-electron chi connectivity index (χ4n) is 2.43. The Morgan fingerprint density at radius 3 is 2.94 bits per heavy atom. The molecule has 0 atom stereocenters. The molecule has 0 aliphatic heterocycles. The van der Waals surface area contributed by atoms with Crippen molar-refractivity contribution in [2.45, 2.75) is 26.2 Å². The van der Waals surface area contributed by atoms with Gasteiger partial charge >= 0.3 is 0 Å². The molecular formula is C13H11ClFN. The van der Waals surface area contributed by atoms with Gasteiger partial charge in [-0.3, -0.25) is 0 Å². The number of aromatic nitrogens is 1. The number of halogens is 2. The molecule has 1 nitrogen and oxygen atoms in total. The van der Waals surface area contributed by atoms with Crippen LogP contribution in [0.3, 0.4) is 0 Å². The Labute approximate surface area is 98.3 Å². The van der Waals surface area contributed by atoms with E-state index in [1.807, 2.05) is 6.92 Å². The minimum atomic E-state index is -0.280. The number of benzene rings is 1. The number of rotatable bonds is 0. The minimum Gasteiger partial charge on any atom is -0.249 e. The van der Waals surface area contributed by atoms with Crippen molar-refractivity contribution >= 4 is 22.5 Å². The van der Waals surface area contributed by atoms with Gasteiger partial charge in [-0.25, -0.2) is 9.37 Å². The van der Waals surface area contributed by atoms with E-state index in [1.165, 1.54) is 6.07 Å². The molecular weight excluding hydrogens is 225 g/mol. The minimum absolute atomic E-state index is 0.280. The van der Waals surface area contributed by atoms with Gasteiger partial charge in [0, 0.05) is 11.1 Å². The van der Waals surface area contributed by atoms with Crippen molar-refractivity contribution in [1.29, 1.82) is 0 Å². The summed E-state index contributed by atoms with van der Waals surface area (Å²) < 4.78 is 13.7. The molecule has 2 aromatic rings. The van der Waals surface area contributed by atoms with Gasteiger partial charge in [0.1, 0.15) is 11.3 Å². The highest BCUT2D eigenvalue weighted by atomic mass is 35.5. The predicted octanol–water partition coefficient (Wildman–Crippen LogP) is 3.82. The Hall–Kier alpha value is -1.15. The lowest BCUT2D eigenvalue weighted by molar-refractivity contribution is 0.636. The fourth-order valence-corrected chi connectivity index (χ4v) is 2.87. The van der Waals surface area contributed by atoms with E-state index in [-0.39, 0.29) is 5.82 Å². The summed E-state index contributed by atoms with van der Waals surface area (Å²) in [6, 6.07) is 3.22. The summed E-state index contributed by atoms with van der Waals surface area (Å²) in [6.45, 7) is 1.94. The lowest BCUT2D eigenvalue weighted by atomic mass is 10.1. The predicted molar refractivity (Wildman–Crippen MR) is 63.5 cm³/mol. The van der Waals surface area contributed by atoms with E-state index >= 15 is 0 Å². The molecule has 3 heteroatoms. The van der Waals surface area contributed by atoms with Gasteiger partial charge in [-0.1, -0.05) is 17.7 Å². The maximum Gasteiger partial charge on any atom is 0.149 e. The monoisotopic (exact) mass is 235 g/mol. The number of nitrogens with zero attached hydrogens (tertiary/aromatic N) is 1. The van der Waals surface area contributed by atoms with E-state index in [9.17, 15) is 4.39 Å². The SMILES string of the molecule is Cc1ccc(F)c2nc3c(c(Cl)c12)CCC3. The highest BCUT2D eigenvalue weighted by Gasteiger charge is 2.20. The van der Waals surface area contributed by atoms with Crippen LogP contribution < -0.4 is 0 Å². The number of hydrogen-bond acceptors (Lipinski definition) is 1. The van der Waals surface area contributed by atoms with Crippen molar-refractivity contribution in [3.8, 4) is 0 Å². The van der Waals surface area contributed by atoms with Crippen LogP contribution in [-0.4, -0.2) is 4.98 Å². The molecule has 1 aromatic carbocycles. The van der Waals surface area contributed by atoms with Gasteiger partial charge in [-0.15, -0.1) is 0 Å². The first kappa shape index (κ1) is 10.0. The first-order valence-corrected chi connectivity index (χ1v) is 5.82. The molecule has 0 N–H and O–H groups in total. The van der Waals surface area contributed by atoms with Gasteiger partial charge < -0.3 is 0 Å². The molecule has 0 fully saturated rings. The number of fused-ring (bicyclic) bond motifs is 2. The molecule has 0 unspecified atom stereocenters. The Morgan fingerprint density at radius 2 is 2.12 bits per heavy atom. The molecule has 1 aromatic heterocycles. The second-order valence-electron chi connectivity index (χ2n) is 4.29. The summed E-state index contributed by atoms with van der Waals surface area (Å²) >= 11 is 6.36. The van der Waals surface area contributed by atoms with E-state index in [4.69, 9.17) is 11.6 Å². The highest BCUT2D eigenvalue weighted by molar-refractivity contribution is 6.36. The van der Waals surface area contributed by atoms with Crippen LogP contribution in [0.25, 0.3) is 10.9 Å². The molecule has 3 rings (SSSR count). The first-order valence-electron chi connectivity index (χ1n) is 5.44. The normalized spacial score (nSPS) is 14.4. The zero-order valence-electron chi connectivity index (χ0n) is 8.98. The highest BCUT2D eigenvalue weighted by Crippen LogP contribution is 2.35. The standard InChI is InChI=1S/C13H11ClFN/c1-7-5-6-9(15)13-11(7)12(14)8-3-2-4-10(8)16-13/h5-6H,2-4H2,1H3. The van der Waals surface area contributed by atoms with Gasteiger partial charge in [0.25, 0.3) is 0 Å². The van der Waals surface area contributed by atoms with Crippen LogP contribution in [0.5, 0.6) is 0 Å². The van der Waals surface area contributed by atoms with Crippen LogP contribution in [-0.2, 0) is 12.8 Å². The van der Waals surface area contributed by atoms with E-state index in [0.717, 1.165) is 41.5 Å². The molecule has 0 bridgehead atoms. The largest absolute Gasteiger partial charge is 0.249 e. The van der Waals surface area contributed by atoms with Gasteiger partial charge in [0.2, 0.25) is 0 Å². The van der Waals surface area contributed by atoms with Crippen molar-refractivity contribution in [2.24, 2.45) is 0 Å². The Bertz CT molecular complexity index is 592.